The summed E-state index contributed by atoms with van der Waals surface area (Å²) in [4.78, 5) is 48.5. The molecule has 0 saturated carbocycles. The average Bonchev–Trinajstić information content (AvgIpc) is 3.39. The van der Waals surface area contributed by atoms with Gasteiger partial charge in [0.2, 0.25) is 0 Å². The van der Waals surface area contributed by atoms with Crippen LogP contribution in [0.1, 0.15) is 201 Å². The lowest BCUT2D eigenvalue weighted by atomic mass is 10.1. The number of phosphoric acid groups is 1. The lowest BCUT2D eigenvalue weighted by molar-refractivity contribution is -0.161. The molecule has 0 aromatic heterocycles. The van der Waals surface area contributed by atoms with Crippen LogP contribution in [0.4, 0.5) is 0 Å². The maximum absolute atomic E-state index is 12.9. The molecule has 0 aliphatic heterocycles. The van der Waals surface area contributed by atoms with E-state index in [4.69, 9.17) is 23.3 Å². The van der Waals surface area contributed by atoms with Crippen molar-refractivity contribution in [2.45, 2.75) is 213 Å². The van der Waals surface area contributed by atoms with Gasteiger partial charge in [-0.2, -0.15) is 0 Å². The fraction of sp³-hybridized carbons (Fsp3) is 0.597. The molecule has 0 amide bonds. The van der Waals surface area contributed by atoms with Crippen LogP contribution in [0.15, 0.2) is 134 Å². The van der Waals surface area contributed by atoms with Crippen molar-refractivity contribution >= 4 is 25.7 Å². The van der Waals surface area contributed by atoms with Gasteiger partial charge in [-0.1, -0.05) is 187 Å². The monoisotopic (exact) mass is 1050 g/mol. The Kier molecular flexibility index (Phi) is 51.6. The number of phosphoric ester groups is 1. The van der Waals surface area contributed by atoms with Crippen LogP contribution in [0, 0.1) is 0 Å². The van der Waals surface area contributed by atoms with Crippen molar-refractivity contribution in [1.82, 2.24) is 0 Å². The summed E-state index contributed by atoms with van der Waals surface area (Å²) in [5, 5.41) is 9.81. The number of ether oxygens (including phenoxy) is 3. The molecule has 0 bridgehead atoms. The lowest BCUT2D eigenvalue weighted by Gasteiger charge is -2.21. The first kappa shape index (κ1) is 69.6. The van der Waals surface area contributed by atoms with Crippen molar-refractivity contribution in [3.05, 3.63) is 134 Å². The molecule has 3 atom stereocenters. The number of hydrogen-bond donors (Lipinski definition) is 2. The molecule has 0 aliphatic rings. The average molecular weight is 1050 g/mol. The maximum atomic E-state index is 12.9. The summed E-state index contributed by atoms with van der Waals surface area (Å²) in [5.74, 6) is -1.58. The van der Waals surface area contributed by atoms with Crippen molar-refractivity contribution in [2.75, 3.05) is 26.4 Å². The summed E-state index contributed by atoms with van der Waals surface area (Å²) in [6.45, 7) is 4.18. The lowest BCUT2D eigenvalue weighted by Crippen LogP contribution is -2.30. The summed E-state index contributed by atoms with van der Waals surface area (Å²) < 4.78 is 39.4. The molecular weight excluding hydrogens is 952 g/mol. The van der Waals surface area contributed by atoms with E-state index in [1.165, 1.54) is 0 Å². The fourth-order valence-corrected chi connectivity index (χ4v) is 7.66. The zero-order chi connectivity index (χ0) is 54.1. The fourth-order valence-electron chi connectivity index (χ4n) is 6.88. The summed E-state index contributed by atoms with van der Waals surface area (Å²) >= 11 is 0. The number of esters is 3. The van der Waals surface area contributed by atoms with Gasteiger partial charge in [-0.3, -0.25) is 23.4 Å². The van der Waals surface area contributed by atoms with E-state index < -0.39 is 57.8 Å². The van der Waals surface area contributed by atoms with Crippen molar-refractivity contribution in [3.63, 3.8) is 0 Å². The van der Waals surface area contributed by atoms with E-state index in [2.05, 4.69) is 154 Å². The molecule has 74 heavy (non-hydrogen) atoms. The molecule has 418 valence electrons. The minimum atomic E-state index is -4.78. The molecular formula is C62H99O11P. The SMILES string of the molecule is CC/C=C\C/C=C\C/C=C\C/C=C\CCCCCCC(=O)OC(COC(=O)CCCC/C=C\C/C=C\C/C=C\C/C=C\CC)COP(=O)(O)OCC(CO)OC(=O)CCCCCCC/C=C\C/C=C\C/C=C\CC. The predicted octanol–water partition coefficient (Wildman–Crippen LogP) is 16.6. The van der Waals surface area contributed by atoms with E-state index in [1.807, 2.05) is 0 Å². The maximum Gasteiger partial charge on any atom is 0.472 e. The van der Waals surface area contributed by atoms with Gasteiger partial charge in [0.05, 0.1) is 19.8 Å². The third-order valence-corrected chi connectivity index (χ3v) is 12.0. The number of hydrogen-bond acceptors (Lipinski definition) is 10. The molecule has 3 unspecified atom stereocenters. The van der Waals surface area contributed by atoms with Crippen LogP contribution < -0.4 is 0 Å². The second-order valence-electron chi connectivity index (χ2n) is 18.0. The first-order valence-electron chi connectivity index (χ1n) is 28.1. The van der Waals surface area contributed by atoms with E-state index in [9.17, 15) is 28.9 Å². The Morgan fingerprint density at radius 2 is 0.662 bits per heavy atom. The molecule has 0 aromatic carbocycles. The largest absolute Gasteiger partial charge is 0.472 e. The van der Waals surface area contributed by atoms with Gasteiger partial charge in [-0.25, -0.2) is 4.57 Å². The van der Waals surface area contributed by atoms with Crippen LogP contribution in [-0.2, 0) is 42.2 Å². The van der Waals surface area contributed by atoms with Crippen LogP contribution in [-0.4, -0.2) is 66.5 Å². The van der Waals surface area contributed by atoms with E-state index in [1.54, 1.807) is 0 Å². The number of aliphatic hydroxyl groups excluding tert-OH is 1. The Morgan fingerprint density at radius 1 is 0.378 bits per heavy atom. The molecule has 12 heteroatoms. The number of allylic oxidation sites excluding steroid dienone is 22. The molecule has 0 aliphatic carbocycles. The number of unbranched alkanes of at least 4 members (excludes halogenated alkanes) is 11. The highest BCUT2D eigenvalue weighted by Crippen LogP contribution is 2.43. The van der Waals surface area contributed by atoms with Gasteiger partial charge in [0.25, 0.3) is 0 Å². The molecule has 0 fully saturated rings. The van der Waals surface area contributed by atoms with Crippen LogP contribution in [0.3, 0.4) is 0 Å². The highest BCUT2D eigenvalue weighted by molar-refractivity contribution is 7.47. The third-order valence-electron chi connectivity index (χ3n) is 11.1. The van der Waals surface area contributed by atoms with Gasteiger partial charge >= 0.3 is 25.7 Å². The van der Waals surface area contributed by atoms with Crippen molar-refractivity contribution < 1.29 is 52.2 Å². The van der Waals surface area contributed by atoms with E-state index in [0.29, 0.717) is 19.3 Å². The Bertz CT molecular complexity index is 1750. The molecule has 0 spiro atoms. The van der Waals surface area contributed by atoms with Gasteiger partial charge in [0.1, 0.15) is 12.7 Å². The number of carbonyl (C=O) groups is 3. The van der Waals surface area contributed by atoms with Crippen LogP contribution in [0.5, 0.6) is 0 Å². The smallest absolute Gasteiger partial charge is 0.462 e. The highest BCUT2D eigenvalue weighted by Gasteiger charge is 2.28. The number of aliphatic hydroxyl groups is 1. The zero-order valence-electron chi connectivity index (χ0n) is 46.0. The minimum Gasteiger partial charge on any atom is -0.462 e. The Morgan fingerprint density at radius 3 is 1.04 bits per heavy atom. The molecule has 2 N–H and O–H groups in total. The van der Waals surface area contributed by atoms with Gasteiger partial charge < -0.3 is 24.2 Å². The summed E-state index contributed by atoms with van der Waals surface area (Å²) in [6.07, 6.45) is 68.4. The standard InChI is InChI=1S/C62H99O11P/c1-4-7-10-13-16-19-22-25-28-29-32-35-38-41-44-47-50-53-62(66)73-59(55-69-60(64)51-48-45-42-39-36-33-30-26-23-20-17-14-11-8-5-2)57-71-74(67,68)70-56-58(54-63)72-61(65)52-49-46-43-40-37-34-31-27-24-21-18-15-12-9-6-3/h7-12,16-21,25-28,30-32,35-36,39,58-59,63H,4-6,13-15,22-24,29,33-34,37-38,40-57H2,1-3H3,(H,67,68)/b10-7-,11-8-,12-9-,19-16-,20-17-,21-18-,28-25-,30-26-,31-27-,35-32-,39-36-. The Hall–Kier alpha value is -4.38. The molecule has 0 radical (unpaired) electrons. The van der Waals surface area contributed by atoms with E-state index in [-0.39, 0.29) is 25.9 Å². The van der Waals surface area contributed by atoms with Crippen LogP contribution in [0.25, 0.3) is 0 Å². The molecule has 0 heterocycles. The molecule has 0 saturated heterocycles. The number of carbonyl (C=O) groups excluding carboxylic acids is 3. The summed E-state index contributed by atoms with van der Waals surface area (Å²) in [7, 11) is -4.78. The first-order valence-corrected chi connectivity index (χ1v) is 29.6. The van der Waals surface area contributed by atoms with Crippen LogP contribution in [0.2, 0.25) is 0 Å². The Labute approximate surface area is 449 Å². The second-order valence-corrected chi connectivity index (χ2v) is 19.4. The topological polar surface area (TPSA) is 155 Å². The van der Waals surface area contributed by atoms with Gasteiger partial charge in [-0.15, -0.1) is 0 Å². The highest BCUT2D eigenvalue weighted by atomic mass is 31.2. The summed E-state index contributed by atoms with van der Waals surface area (Å²) in [5.41, 5.74) is 0. The summed E-state index contributed by atoms with van der Waals surface area (Å²) in [6, 6.07) is 0. The second kappa shape index (κ2) is 54.9. The Balaban J connectivity index is 4.86. The van der Waals surface area contributed by atoms with Crippen molar-refractivity contribution in [1.29, 1.82) is 0 Å². The van der Waals surface area contributed by atoms with Gasteiger partial charge in [-0.05, 0) is 128 Å². The quantitative estimate of drug-likeness (QED) is 0.0197. The van der Waals surface area contributed by atoms with Crippen molar-refractivity contribution in [3.8, 4) is 0 Å². The molecule has 0 rings (SSSR count). The van der Waals surface area contributed by atoms with Gasteiger partial charge in [0, 0.05) is 19.3 Å². The minimum absolute atomic E-state index is 0.121. The first-order chi connectivity index (χ1) is 36.2. The van der Waals surface area contributed by atoms with Crippen molar-refractivity contribution in [2.24, 2.45) is 0 Å². The number of rotatable bonds is 50. The zero-order valence-corrected chi connectivity index (χ0v) is 46.9. The normalized spacial score (nSPS) is 14.4. The van der Waals surface area contributed by atoms with E-state index in [0.717, 1.165) is 141 Å². The van der Waals surface area contributed by atoms with Gasteiger partial charge in [0.15, 0.2) is 6.10 Å². The molecule has 0 aromatic rings. The van der Waals surface area contributed by atoms with Crippen LogP contribution >= 0.6 is 7.82 Å². The predicted molar refractivity (Wildman–Crippen MR) is 306 cm³/mol. The molecule has 11 nitrogen and oxygen atoms in total. The third kappa shape index (κ3) is 52.5. The van der Waals surface area contributed by atoms with E-state index >= 15 is 0 Å².